The fourth-order valence-corrected chi connectivity index (χ4v) is 0.916. The molecular weight excluding hydrogens is 200 g/mol. The van der Waals surface area contributed by atoms with Gasteiger partial charge >= 0.3 is 0 Å². The SMILES string of the molecule is COCC(O)COC(C)COC(C)CO. The maximum absolute atomic E-state index is 9.29. The Morgan fingerprint density at radius 2 is 1.60 bits per heavy atom. The van der Waals surface area contributed by atoms with E-state index in [1.54, 1.807) is 6.92 Å². The molecule has 0 radical (unpaired) electrons. The molecule has 5 nitrogen and oxygen atoms in total. The Balaban J connectivity index is 3.44. The molecule has 3 atom stereocenters. The molecule has 0 aliphatic heterocycles. The van der Waals surface area contributed by atoms with Crippen LogP contribution in [0, 0.1) is 0 Å². The van der Waals surface area contributed by atoms with Gasteiger partial charge in [0.15, 0.2) is 0 Å². The van der Waals surface area contributed by atoms with Crippen molar-refractivity contribution in [1.82, 2.24) is 0 Å². The molecule has 0 amide bonds. The summed E-state index contributed by atoms with van der Waals surface area (Å²) in [5, 5.41) is 18.0. The molecule has 2 N–H and O–H groups in total. The summed E-state index contributed by atoms with van der Waals surface area (Å²) in [4.78, 5) is 0. The van der Waals surface area contributed by atoms with Crippen LogP contribution in [0.4, 0.5) is 0 Å². The van der Waals surface area contributed by atoms with Crippen molar-refractivity contribution in [3.8, 4) is 0 Å². The molecule has 0 aliphatic carbocycles. The van der Waals surface area contributed by atoms with Crippen molar-refractivity contribution in [3.05, 3.63) is 0 Å². The van der Waals surface area contributed by atoms with Gasteiger partial charge in [-0.1, -0.05) is 0 Å². The molecule has 0 aliphatic rings. The first-order valence-corrected chi connectivity index (χ1v) is 5.11. The van der Waals surface area contributed by atoms with E-state index in [0.717, 1.165) is 0 Å². The maximum Gasteiger partial charge on any atom is 0.101 e. The highest BCUT2D eigenvalue weighted by molar-refractivity contribution is 4.55. The summed E-state index contributed by atoms with van der Waals surface area (Å²) in [7, 11) is 1.53. The van der Waals surface area contributed by atoms with Crippen molar-refractivity contribution >= 4 is 0 Å². The van der Waals surface area contributed by atoms with Crippen molar-refractivity contribution in [2.24, 2.45) is 0 Å². The van der Waals surface area contributed by atoms with Crippen LogP contribution in [-0.2, 0) is 14.2 Å². The van der Waals surface area contributed by atoms with Crippen molar-refractivity contribution in [3.63, 3.8) is 0 Å². The Morgan fingerprint density at radius 3 is 2.13 bits per heavy atom. The molecule has 92 valence electrons. The second-order valence-corrected chi connectivity index (χ2v) is 3.58. The van der Waals surface area contributed by atoms with Gasteiger partial charge in [-0.15, -0.1) is 0 Å². The molecular formula is C10H22O5. The standard InChI is InChI=1S/C10H22O5/c1-8(4-11)14-5-9(2)15-7-10(12)6-13-3/h8-12H,4-7H2,1-3H3. The van der Waals surface area contributed by atoms with Crippen molar-refractivity contribution in [2.75, 3.05) is 33.5 Å². The Labute approximate surface area is 91.0 Å². The Bertz CT molecular complexity index is 142. The van der Waals surface area contributed by atoms with E-state index in [0.29, 0.717) is 6.61 Å². The van der Waals surface area contributed by atoms with Crippen LogP contribution in [0.2, 0.25) is 0 Å². The first-order valence-electron chi connectivity index (χ1n) is 5.11. The summed E-state index contributed by atoms with van der Waals surface area (Å²) in [5.41, 5.74) is 0. The van der Waals surface area contributed by atoms with Gasteiger partial charge in [0.1, 0.15) is 6.10 Å². The average Bonchev–Trinajstić information content (AvgIpc) is 2.23. The molecule has 15 heavy (non-hydrogen) atoms. The normalized spacial score (nSPS) is 17.4. The fraction of sp³-hybridized carbons (Fsp3) is 1.00. The number of ether oxygens (including phenoxy) is 3. The Hall–Kier alpha value is -0.200. The number of rotatable bonds is 9. The van der Waals surface area contributed by atoms with Gasteiger partial charge < -0.3 is 24.4 Å². The number of hydrogen-bond donors (Lipinski definition) is 2. The smallest absolute Gasteiger partial charge is 0.101 e. The van der Waals surface area contributed by atoms with Crippen molar-refractivity contribution in [2.45, 2.75) is 32.2 Å². The summed E-state index contributed by atoms with van der Waals surface area (Å²) >= 11 is 0. The van der Waals surface area contributed by atoms with Gasteiger partial charge in [0.2, 0.25) is 0 Å². The molecule has 0 aromatic heterocycles. The largest absolute Gasteiger partial charge is 0.394 e. The van der Waals surface area contributed by atoms with Crippen LogP contribution in [0.1, 0.15) is 13.8 Å². The minimum absolute atomic E-state index is 0.000973. The quantitative estimate of drug-likeness (QED) is 0.565. The zero-order valence-electron chi connectivity index (χ0n) is 9.68. The van der Waals surface area contributed by atoms with E-state index >= 15 is 0 Å². The van der Waals surface area contributed by atoms with E-state index in [1.165, 1.54) is 7.11 Å². The lowest BCUT2D eigenvalue weighted by Crippen LogP contribution is -2.27. The molecule has 0 bridgehead atoms. The summed E-state index contributed by atoms with van der Waals surface area (Å²) < 4.78 is 15.3. The van der Waals surface area contributed by atoms with Crippen LogP contribution in [0.5, 0.6) is 0 Å². The van der Waals surface area contributed by atoms with Gasteiger partial charge in [0, 0.05) is 7.11 Å². The van der Waals surface area contributed by atoms with E-state index in [9.17, 15) is 5.11 Å². The highest BCUT2D eigenvalue weighted by atomic mass is 16.5. The minimum atomic E-state index is -0.604. The number of aliphatic hydroxyl groups excluding tert-OH is 2. The first kappa shape index (κ1) is 14.8. The van der Waals surface area contributed by atoms with E-state index in [-0.39, 0.29) is 32.0 Å². The van der Waals surface area contributed by atoms with Gasteiger partial charge in [0.25, 0.3) is 0 Å². The van der Waals surface area contributed by atoms with Crippen LogP contribution in [-0.4, -0.2) is 62.1 Å². The fourth-order valence-electron chi connectivity index (χ4n) is 0.916. The van der Waals surface area contributed by atoms with Crippen molar-refractivity contribution < 1.29 is 24.4 Å². The second kappa shape index (κ2) is 9.06. The van der Waals surface area contributed by atoms with Crippen LogP contribution in [0.15, 0.2) is 0 Å². The van der Waals surface area contributed by atoms with Crippen LogP contribution < -0.4 is 0 Å². The second-order valence-electron chi connectivity index (χ2n) is 3.58. The first-order chi connectivity index (χ1) is 7.10. The molecule has 0 saturated heterocycles. The van der Waals surface area contributed by atoms with Crippen LogP contribution in [0.3, 0.4) is 0 Å². The van der Waals surface area contributed by atoms with Gasteiger partial charge in [0.05, 0.1) is 38.6 Å². The highest BCUT2D eigenvalue weighted by Gasteiger charge is 2.09. The molecule has 0 fully saturated rings. The molecule has 3 unspecified atom stereocenters. The Morgan fingerprint density at radius 1 is 1.00 bits per heavy atom. The van der Waals surface area contributed by atoms with Gasteiger partial charge in [-0.25, -0.2) is 0 Å². The summed E-state index contributed by atoms with van der Waals surface area (Å²) in [6.07, 6.45) is -0.891. The van der Waals surface area contributed by atoms with Crippen LogP contribution >= 0.6 is 0 Å². The lowest BCUT2D eigenvalue weighted by atomic mass is 10.4. The maximum atomic E-state index is 9.29. The third-order valence-electron chi connectivity index (χ3n) is 1.80. The monoisotopic (exact) mass is 222 g/mol. The van der Waals surface area contributed by atoms with Gasteiger partial charge in [-0.2, -0.15) is 0 Å². The molecule has 0 rings (SSSR count). The third-order valence-corrected chi connectivity index (χ3v) is 1.80. The van der Waals surface area contributed by atoms with Crippen molar-refractivity contribution in [1.29, 1.82) is 0 Å². The average molecular weight is 222 g/mol. The van der Waals surface area contributed by atoms with Gasteiger partial charge in [-0.3, -0.25) is 0 Å². The summed E-state index contributed by atoms with van der Waals surface area (Å²) in [5.74, 6) is 0. The third kappa shape index (κ3) is 8.77. The zero-order valence-corrected chi connectivity index (χ0v) is 9.68. The summed E-state index contributed by atoms with van der Waals surface area (Å²) in [6.45, 7) is 4.53. The lowest BCUT2D eigenvalue weighted by molar-refractivity contribution is -0.0742. The molecule has 5 heteroatoms. The van der Waals surface area contributed by atoms with Gasteiger partial charge in [-0.05, 0) is 13.8 Å². The topological polar surface area (TPSA) is 68.2 Å². The molecule has 0 saturated carbocycles. The van der Waals surface area contributed by atoms with E-state index in [4.69, 9.17) is 19.3 Å². The molecule has 0 aromatic carbocycles. The molecule has 0 heterocycles. The number of methoxy groups -OCH3 is 1. The predicted molar refractivity (Wildman–Crippen MR) is 55.8 cm³/mol. The number of hydrogen-bond acceptors (Lipinski definition) is 5. The predicted octanol–water partition coefficient (Wildman–Crippen LogP) is -0.204. The summed E-state index contributed by atoms with van der Waals surface area (Å²) in [6, 6.07) is 0. The number of aliphatic hydroxyl groups is 2. The van der Waals surface area contributed by atoms with E-state index in [1.807, 2.05) is 6.92 Å². The molecule has 0 spiro atoms. The van der Waals surface area contributed by atoms with E-state index in [2.05, 4.69) is 0 Å². The lowest BCUT2D eigenvalue weighted by Gasteiger charge is -2.18. The highest BCUT2D eigenvalue weighted by Crippen LogP contribution is 1.97. The van der Waals surface area contributed by atoms with Crippen LogP contribution in [0.25, 0.3) is 0 Å². The minimum Gasteiger partial charge on any atom is -0.394 e. The van der Waals surface area contributed by atoms with E-state index < -0.39 is 6.10 Å². The Kier molecular flexibility index (Phi) is 8.94. The zero-order chi connectivity index (χ0) is 11.7. The molecule has 0 aromatic rings.